The third-order valence-electron chi connectivity index (χ3n) is 4.45. The number of hydrogen-bond donors (Lipinski definition) is 2. The Balaban J connectivity index is 1.82. The zero-order valence-corrected chi connectivity index (χ0v) is 14.9. The highest BCUT2D eigenvalue weighted by molar-refractivity contribution is 5.35. The summed E-state index contributed by atoms with van der Waals surface area (Å²) in [6.45, 7) is 7.26. The van der Waals surface area contributed by atoms with Crippen molar-refractivity contribution in [3.63, 3.8) is 0 Å². The summed E-state index contributed by atoms with van der Waals surface area (Å²) < 4.78 is 5.87. The summed E-state index contributed by atoms with van der Waals surface area (Å²) >= 11 is 0. The lowest BCUT2D eigenvalue weighted by molar-refractivity contribution is 0.103. The molecule has 0 saturated carbocycles. The van der Waals surface area contributed by atoms with Gasteiger partial charge in [-0.05, 0) is 36.5 Å². The molecule has 0 spiro atoms. The van der Waals surface area contributed by atoms with E-state index in [2.05, 4.69) is 44.3 Å². The molecule has 2 rings (SSSR count). The average Bonchev–Trinajstić information content (AvgIpc) is 2.64. The standard InChI is InChI=1S/C21H29NO2/c1-4-16(2)20-12-8-9-13-21(20)24-15-19(23)14-22-17(3)18-10-6-5-7-11-18/h5-13,16-17,19,22-23H,4,14-15H2,1-3H3/t16-,17+,19+/m1/s1. The Morgan fingerprint density at radius 3 is 2.38 bits per heavy atom. The topological polar surface area (TPSA) is 41.5 Å². The Morgan fingerprint density at radius 1 is 1.00 bits per heavy atom. The molecule has 0 aliphatic heterocycles. The molecular weight excluding hydrogens is 298 g/mol. The molecule has 0 bridgehead atoms. The minimum atomic E-state index is -0.541. The third kappa shape index (κ3) is 5.36. The van der Waals surface area contributed by atoms with Crippen molar-refractivity contribution in [2.75, 3.05) is 13.2 Å². The van der Waals surface area contributed by atoms with Gasteiger partial charge in [-0.1, -0.05) is 62.4 Å². The van der Waals surface area contributed by atoms with Gasteiger partial charge in [-0.15, -0.1) is 0 Å². The van der Waals surface area contributed by atoms with Crippen LogP contribution in [0.1, 0.15) is 50.3 Å². The summed E-state index contributed by atoms with van der Waals surface area (Å²) in [7, 11) is 0. The van der Waals surface area contributed by atoms with Crippen LogP contribution in [-0.4, -0.2) is 24.4 Å². The molecule has 0 aliphatic carbocycles. The lowest BCUT2D eigenvalue weighted by atomic mass is 9.98. The maximum absolute atomic E-state index is 10.2. The van der Waals surface area contributed by atoms with E-state index in [9.17, 15) is 5.11 Å². The number of para-hydroxylation sites is 1. The van der Waals surface area contributed by atoms with Crippen LogP contribution < -0.4 is 10.1 Å². The van der Waals surface area contributed by atoms with Gasteiger partial charge in [0.2, 0.25) is 0 Å². The first kappa shape index (κ1) is 18.5. The Hall–Kier alpha value is -1.84. The third-order valence-corrected chi connectivity index (χ3v) is 4.45. The number of ether oxygens (including phenoxy) is 1. The van der Waals surface area contributed by atoms with Crippen molar-refractivity contribution in [1.82, 2.24) is 5.32 Å². The van der Waals surface area contributed by atoms with E-state index >= 15 is 0 Å². The second kappa shape index (κ2) is 9.45. The predicted molar refractivity (Wildman–Crippen MR) is 99.5 cm³/mol. The van der Waals surface area contributed by atoms with Gasteiger partial charge < -0.3 is 15.2 Å². The molecule has 0 radical (unpaired) electrons. The van der Waals surface area contributed by atoms with Crippen molar-refractivity contribution >= 4 is 0 Å². The molecular formula is C21H29NO2. The lowest BCUT2D eigenvalue weighted by Gasteiger charge is -2.20. The highest BCUT2D eigenvalue weighted by Gasteiger charge is 2.12. The zero-order chi connectivity index (χ0) is 17.4. The summed E-state index contributed by atoms with van der Waals surface area (Å²) in [4.78, 5) is 0. The Bertz CT molecular complexity index is 600. The summed E-state index contributed by atoms with van der Waals surface area (Å²) in [6.07, 6.45) is 0.528. The quantitative estimate of drug-likeness (QED) is 0.722. The smallest absolute Gasteiger partial charge is 0.122 e. The fraction of sp³-hybridized carbons (Fsp3) is 0.429. The SMILES string of the molecule is CC[C@@H](C)c1ccccc1OC[C@@H](O)CN[C@@H](C)c1ccccc1. The van der Waals surface area contributed by atoms with Crippen LogP contribution in [0.2, 0.25) is 0 Å². The van der Waals surface area contributed by atoms with Gasteiger partial charge in [-0.2, -0.15) is 0 Å². The number of nitrogens with one attached hydrogen (secondary N) is 1. The molecule has 0 amide bonds. The molecule has 2 N–H and O–H groups in total. The van der Waals surface area contributed by atoms with E-state index in [0.29, 0.717) is 19.1 Å². The average molecular weight is 327 g/mol. The first-order valence-corrected chi connectivity index (χ1v) is 8.80. The van der Waals surface area contributed by atoms with Gasteiger partial charge in [-0.3, -0.25) is 0 Å². The van der Waals surface area contributed by atoms with Crippen LogP contribution in [0, 0.1) is 0 Å². The van der Waals surface area contributed by atoms with Crippen molar-refractivity contribution in [2.24, 2.45) is 0 Å². The molecule has 3 atom stereocenters. The van der Waals surface area contributed by atoms with Gasteiger partial charge in [0, 0.05) is 12.6 Å². The maximum atomic E-state index is 10.2. The van der Waals surface area contributed by atoms with Gasteiger partial charge in [0.1, 0.15) is 18.5 Å². The first-order chi connectivity index (χ1) is 11.6. The molecule has 3 nitrogen and oxygen atoms in total. The Morgan fingerprint density at radius 2 is 1.67 bits per heavy atom. The minimum absolute atomic E-state index is 0.202. The van der Waals surface area contributed by atoms with Crippen molar-refractivity contribution in [3.05, 3.63) is 65.7 Å². The molecule has 0 heterocycles. The fourth-order valence-electron chi connectivity index (χ4n) is 2.66. The van der Waals surface area contributed by atoms with Crippen LogP contribution in [0.5, 0.6) is 5.75 Å². The van der Waals surface area contributed by atoms with Gasteiger partial charge in [0.25, 0.3) is 0 Å². The first-order valence-electron chi connectivity index (χ1n) is 8.80. The Labute approximate surface area is 145 Å². The fourth-order valence-corrected chi connectivity index (χ4v) is 2.66. The van der Waals surface area contributed by atoms with Crippen molar-refractivity contribution in [1.29, 1.82) is 0 Å². The molecule has 2 aromatic carbocycles. The molecule has 0 saturated heterocycles. The molecule has 24 heavy (non-hydrogen) atoms. The van der Waals surface area contributed by atoms with Gasteiger partial charge in [-0.25, -0.2) is 0 Å². The molecule has 0 unspecified atom stereocenters. The van der Waals surface area contributed by atoms with Crippen LogP contribution in [0.15, 0.2) is 54.6 Å². The molecule has 2 aromatic rings. The predicted octanol–water partition coefficient (Wildman–Crippen LogP) is 4.29. The second-order valence-corrected chi connectivity index (χ2v) is 6.35. The number of aliphatic hydroxyl groups is 1. The van der Waals surface area contributed by atoms with Crippen LogP contribution in [-0.2, 0) is 0 Å². The van der Waals surface area contributed by atoms with Crippen LogP contribution in [0.3, 0.4) is 0 Å². The minimum Gasteiger partial charge on any atom is -0.491 e. The van der Waals surface area contributed by atoms with Crippen molar-refractivity contribution in [3.8, 4) is 5.75 Å². The zero-order valence-electron chi connectivity index (χ0n) is 14.9. The highest BCUT2D eigenvalue weighted by Crippen LogP contribution is 2.28. The van der Waals surface area contributed by atoms with E-state index in [1.165, 1.54) is 11.1 Å². The van der Waals surface area contributed by atoms with E-state index in [0.717, 1.165) is 12.2 Å². The number of benzene rings is 2. The van der Waals surface area contributed by atoms with E-state index in [-0.39, 0.29) is 6.04 Å². The highest BCUT2D eigenvalue weighted by atomic mass is 16.5. The number of hydrogen-bond acceptors (Lipinski definition) is 3. The van der Waals surface area contributed by atoms with Gasteiger partial charge in [0.05, 0.1) is 0 Å². The van der Waals surface area contributed by atoms with Crippen molar-refractivity contribution < 1.29 is 9.84 Å². The molecule has 0 fully saturated rings. The van der Waals surface area contributed by atoms with Crippen molar-refractivity contribution in [2.45, 2.75) is 45.3 Å². The normalized spacial score (nSPS) is 14.8. The van der Waals surface area contributed by atoms with E-state index in [1.807, 2.05) is 36.4 Å². The summed E-state index contributed by atoms with van der Waals surface area (Å²) in [5, 5.41) is 13.6. The maximum Gasteiger partial charge on any atom is 0.122 e. The molecule has 130 valence electrons. The number of rotatable bonds is 9. The largest absolute Gasteiger partial charge is 0.491 e. The van der Waals surface area contributed by atoms with Gasteiger partial charge in [0.15, 0.2) is 0 Å². The monoisotopic (exact) mass is 327 g/mol. The lowest BCUT2D eigenvalue weighted by Crippen LogP contribution is -2.33. The molecule has 3 heteroatoms. The molecule has 0 aliphatic rings. The van der Waals surface area contributed by atoms with E-state index in [4.69, 9.17) is 4.74 Å². The second-order valence-electron chi connectivity index (χ2n) is 6.35. The van der Waals surface area contributed by atoms with Gasteiger partial charge >= 0.3 is 0 Å². The summed E-state index contributed by atoms with van der Waals surface area (Å²) in [6, 6.07) is 18.5. The summed E-state index contributed by atoms with van der Waals surface area (Å²) in [5.41, 5.74) is 2.42. The Kier molecular flexibility index (Phi) is 7.29. The van der Waals surface area contributed by atoms with E-state index < -0.39 is 6.10 Å². The van der Waals surface area contributed by atoms with Crippen LogP contribution >= 0.6 is 0 Å². The van der Waals surface area contributed by atoms with E-state index in [1.54, 1.807) is 0 Å². The molecule has 0 aromatic heterocycles. The number of aliphatic hydroxyl groups excluding tert-OH is 1. The van der Waals surface area contributed by atoms with Crippen LogP contribution in [0.25, 0.3) is 0 Å². The summed E-state index contributed by atoms with van der Waals surface area (Å²) in [5.74, 6) is 1.33. The van der Waals surface area contributed by atoms with Crippen LogP contribution in [0.4, 0.5) is 0 Å².